The predicted octanol–water partition coefficient (Wildman–Crippen LogP) is 2.99. The second-order valence-corrected chi connectivity index (χ2v) is 11.0. The molecule has 0 aromatic heterocycles. The third-order valence-corrected chi connectivity index (χ3v) is 9.24. The molecule has 6 heteroatoms. The van der Waals surface area contributed by atoms with Crippen molar-refractivity contribution in [3.63, 3.8) is 0 Å². The van der Waals surface area contributed by atoms with Crippen LogP contribution in [0.3, 0.4) is 0 Å². The van der Waals surface area contributed by atoms with Crippen LogP contribution in [-0.4, -0.2) is 89.6 Å². The Kier molecular flexibility index (Phi) is 6.89. The fourth-order valence-electron chi connectivity index (χ4n) is 6.41. The molecular weight excluding hydrogens is 404 g/mol. The van der Waals surface area contributed by atoms with E-state index in [1.54, 1.807) is 0 Å². The molecule has 1 aromatic carbocycles. The summed E-state index contributed by atoms with van der Waals surface area (Å²) in [5.74, 6) is 3.43. The summed E-state index contributed by atoms with van der Waals surface area (Å²) >= 11 is 2.06. The number of hydrogen-bond donors (Lipinski definition) is 1. The Balaban J connectivity index is 1.23. The highest BCUT2D eigenvalue weighted by Gasteiger charge is 2.51. The van der Waals surface area contributed by atoms with Gasteiger partial charge in [-0.25, -0.2) is 0 Å². The van der Waals surface area contributed by atoms with Gasteiger partial charge in [0.25, 0.3) is 0 Å². The van der Waals surface area contributed by atoms with E-state index in [1.165, 1.54) is 55.8 Å². The van der Waals surface area contributed by atoms with Crippen molar-refractivity contribution in [2.75, 3.05) is 57.4 Å². The summed E-state index contributed by atoms with van der Waals surface area (Å²) in [6.07, 6.45) is 7.25. The summed E-state index contributed by atoms with van der Waals surface area (Å²) in [4.78, 5) is 20.8. The molecule has 31 heavy (non-hydrogen) atoms. The molecule has 4 fully saturated rings. The maximum absolute atomic E-state index is 13.0. The number of piperidine rings is 1. The van der Waals surface area contributed by atoms with Crippen molar-refractivity contribution in [2.24, 2.45) is 0 Å². The molecule has 3 heterocycles. The number of thioether (sulfide) groups is 1. The zero-order valence-electron chi connectivity index (χ0n) is 18.8. The van der Waals surface area contributed by atoms with Gasteiger partial charge in [-0.05, 0) is 37.2 Å². The Morgan fingerprint density at radius 2 is 1.71 bits per heavy atom. The van der Waals surface area contributed by atoms with Gasteiger partial charge in [0, 0.05) is 56.8 Å². The Hall–Kier alpha value is -1.08. The maximum Gasteiger partial charge on any atom is 0.241 e. The zero-order valence-corrected chi connectivity index (χ0v) is 19.6. The van der Waals surface area contributed by atoms with Gasteiger partial charge in [-0.15, -0.1) is 0 Å². The Morgan fingerprint density at radius 3 is 2.48 bits per heavy atom. The Labute approximate surface area is 191 Å². The van der Waals surface area contributed by atoms with Crippen molar-refractivity contribution < 1.29 is 4.79 Å². The first-order chi connectivity index (χ1) is 15.3. The van der Waals surface area contributed by atoms with E-state index in [-0.39, 0.29) is 11.4 Å². The van der Waals surface area contributed by atoms with Gasteiger partial charge in [0.15, 0.2) is 0 Å². The molecule has 1 aromatic rings. The van der Waals surface area contributed by atoms with E-state index in [0.717, 1.165) is 45.7 Å². The van der Waals surface area contributed by atoms with Gasteiger partial charge in [-0.3, -0.25) is 14.6 Å². The van der Waals surface area contributed by atoms with Crippen molar-refractivity contribution >= 4 is 17.7 Å². The van der Waals surface area contributed by atoms with Crippen LogP contribution >= 0.6 is 11.8 Å². The van der Waals surface area contributed by atoms with Crippen LogP contribution in [0.4, 0.5) is 0 Å². The van der Waals surface area contributed by atoms with Gasteiger partial charge in [-0.1, -0.05) is 43.2 Å². The third-order valence-electron chi connectivity index (χ3n) is 8.30. The normalized spacial score (nSPS) is 30.5. The molecule has 0 radical (unpaired) electrons. The van der Waals surface area contributed by atoms with Crippen molar-refractivity contribution in [3.8, 4) is 0 Å². The highest BCUT2D eigenvalue weighted by molar-refractivity contribution is 7.99. The summed E-state index contributed by atoms with van der Waals surface area (Å²) in [7, 11) is 0. The van der Waals surface area contributed by atoms with Gasteiger partial charge in [0.1, 0.15) is 5.54 Å². The van der Waals surface area contributed by atoms with Crippen LogP contribution in [-0.2, 0) is 4.79 Å². The molecular formula is C25H38N4OS. The monoisotopic (exact) mass is 442 g/mol. The molecule has 3 saturated heterocycles. The molecule has 1 saturated carbocycles. The van der Waals surface area contributed by atoms with Crippen LogP contribution in [0.25, 0.3) is 0 Å². The number of amides is 1. The highest BCUT2D eigenvalue weighted by atomic mass is 32.2. The number of benzene rings is 1. The summed E-state index contributed by atoms with van der Waals surface area (Å²) in [5.41, 5.74) is 1.24. The van der Waals surface area contributed by atoms with Crippen LogP contribution < -0.4 is 5.32 Å². The first-order valence-electron chi connectivity index (χ1n) is 12.4. The second-order valence-electron chi connectivity index (χ2n) is 9.82. The van der Waals surface area contributed by atoms with E-state index in [9.17, 15) is 4.79 Å². The number of carbonyl (C=O) groups excluding carboxylic acids is 1. The molecule has 5 rings (SSSR count). The van der Waals surface area contributed by atoms with Crippen LogP contribution in [0, 0.1) is 0 Å². The minimum absolute atomic E-state index is 0.266. The SMILES string of the molecule is O=C1NCN(CCN2CCSCC2)C12CCN(C1CCCCC1c1ccccc1)CC2. The summed E-state index contributed by atoms with van der Waals surface area (Å²) < 4.78 is 0. The Morgan fingerprint density at radius 1 is 0.968 bits per heavy atom. The van der Waals surface area contributed by atoms with Gasteiger partial charge in [0.05, 0.1) is 6.67 Å². The highest BCUT2D eigenvalue weighted by Crippen LogP contribution is 2.40. The van der Waals surface area contributed by atoms with Crippen LogP contribution in [0.5, 0.6) is 0 Å². The molecule has 1 amide bonds. The van der Waals surface area contributed by atoms with Gasteiger partial charge >= 0.3 is 0 Å². The first kappa shape index (κ1) is 21.7. The quantitative estimate of drug-likeness (QED) is 0.759. The molecule has 5 nitrogen and oxygen atoms in total. The number of likely N-dealkylation sites (tertiary alicyclic amines) is 1. The lowest BCUT2D eigenvalue weighted by Gasteiger charge is -2.48. The molecule has 1 N–H and O–H groups in total. The lowest BCUT2D eigenvalue weighted by atomic mass is 9.77. The summed E-state index contributed by atoms with van der Waals surface area (Å²) in [5, 5.41) is 3.19. The van der Waals surface area contributed by atoms with E-state index >= 15 is 0 Å². The van der Waals surface area contributed by atoms with Gasteiger partial charge in [-0.2, -0.15) is 11.8 Å². The second kappa shape index (κ2) is 9.82. The number of carbonyl (C=O) groups is 1. The van der Waals surface area contributed by atoms with E-state index < -0.39 is 0 Å². The van der Waals surface area contributed by atoms with E-state index in [4.69, 9.17) is 0 Å². The van der Waals surface area contributed by atoms with Gasteiger partial charge < -0.3 is 10.2 Å². The lowest BCUT2D eigenvalue weighted by molar-refractivity contribution is -0.129. The zero-order chi connectivity index (χ0) is 21.1. The topological polar surface area (TPSA) is 38.8 Å². The minimum atomic E-state index is -0.266. The van der Waals surface area contributed by atoms with E-state index in [0.29, 0.717) is 12.0 Å². The third kappa shape index (κ3) is 4.54. The van der Waals surface area contributed by atoms with E-state index in [2.05, 4.69) is 62.1 Å². The van der Waals surface area contributed by atoms with Crippen LogP contribution in [0.2, 0.25) is 0 Å². The van der Waals surface area contributed by atoms with E-state index in [1.807, 2.05) is 0 Å². The fraction of sp³-hybridized carbons (Fsp3) is 0.720. The molecule has 0 bridgehead atoms. The summed E-state index contributed by atoms with van der Waals surface area (Å²) in [6.45, 7) is 7.35. The lowest BCUT2D eigenvalue weighted by Crippen LogP contribution is -2.59. The first-order valence-corrected chi connectivity index (χ1v) is 13.5. The minimum Gasteiger partial charge on any atom is -0.342 e. The van der Waals surface area contributed by atoms with Gasteiger partial charge in [0.2, 0.25) is 5.91 Å². The predicted molar refractivity (Wildman–Crippen MR) is 128 cm³/mol. The Bertz CT molecular complexity index is 730. The molecule has 4 aliphatic rings. The number of nitrogens with one attached hydrogen (secondary N) is 1. The molecule has 3 aliphatic heterocycles. The largest absolute Gasteiger partial charge is 0.342 e. The average molecular weight is 443 g/mol. The number of nitrogens with zero attached hydrogens (tertiary/aromatic N) is 3. The van der Waals surface area contributed by atoms with Crippen molar-refractivity contribution in [1.29, 1.82) is 0 Å². The molecule has 2 atom stereocenters. The smallest absolute Gasteiger partial charge is 0.241 e. The maximum atomic E-state index is 13.0. The fourth-order valence-corrected chi connectivity index (χ4v) is 7.39. The number of rotatable bonds is 5. The average Bonchev–Trinajstić information content (AvgIpc) is 3.14. The van der Waals surface area contributed by atoms with Crippen LogP contribution in [0.15, 0.2) is 30.3 Å². The van der Waals surface area contributed by atoms with Crippen LogP contribution in [0.1, 0.15) is 50.0 Å². The molecule has 1 aliphatic carbocycles. The molecule has 170 valence electrons. The standard InChI is InChI=1S/C25H38N4OS/c30-24-25(29(20-26-24)15-14-27-16-18-31-19-17-27)10-12-28(13-11-25)23-9-5-4-8-22(23)21-6-2-1-3-7-21/h1-3,6-7,22-23H,4-5,8-20H2,(H,26,30). The van der Waals surface area contributed by atoms with Crippen molar-refractivity contribution in [3.05, 3.63) is 35.9 Å². The molecule has 2 unspecified atom stereocenters. The molecule has 1 spiro atoms. The van der Waals surface area contributed by atoms with Crippen molar-refractivity contribution in [2.45, 2.75) is 56.0 Å². The summed E-state index contributed by atoms with van der Waals surface area (Å²) in [6, 6.07) is 11.8. The van der Waals surface area contributed by atoms with Crippen molar-refractivity contribution in [1.82, 2.24) is 20.0 Å². The number of hydrogen-bond acceptors (Lipinski definition) is 5.